The maximum absolute atomic E-state index is 13.2. The minimum atomic E-state index is -0.307. The van der Waals surface area contributed by atoms with Crippen molar-refractivity contribution in [3.8, 4) is 22.9 Å². The largest absolute Gasteiger partial charge is 0.497 e. The van der Waals surface area contributed by atoms with Gasteiger partial charge in [-0.1, -0.05) is 12.1 Å². The average Bonchev–Trinajstić information content (AvgIpc) is 2.96. The lowest BCUT2D eigenvalue weighted by atomic mass is 10.3. The van der Waals surface area contributed by atoms with Crippen LogP contribution in [0.5, 0.6) is 17.2 Å². The predicted octanol–water partition coefficient (Wildman–Crippen LogP) is 3.81. The van der Waals surface area contributed by atoms with Crippen molar-refractivity contribution in [1.29, 1.82) is 0 Å². The van der Waals surface area contributed by atoms with Gasteiger partial charge in [-0.3, -0.25) is 0 Å². The summed E-state index contributed by atoms with van der Waals surface area (Å²) in [6.07, 6.45) is 3.26. The lowest BCUT2D eigenvalue weighted by Gasteiger charge is -2.05. The van der Waals surface area contributed by atoms with Crippen LogP contribution in [0.2, 0.25) is 0 Å². The normalized spacial score (nSPS) is 10.4. The Morgan fingerprint density at radius 1 is 1.00 bits per heavy atom. The molecule has 0 aliphatic heterocycles. The zero-order valence-electron chi connectivity index (χ0n) is 11.4. The van der Waals surface area contributed by atoms with E-state index in [1.807, 2.05) is 18.2 Å². The Hall–Kier alpha value is -2.82. The summed E-state index contributed by atoms with van der Waals surface area (Å²) in [6, 6.07) is 13.5. The second-order valence-electron chi connectivity index (χ2n) is 4.38. The molecular formula is C16H13FN2O2. The molecule has 0 aliphatic carbocycles. The SMILES string of the molecule is COc1cccc(Oc2cnn(-c3cccc(F)c3)c2)c1. The molecule has 3 aromatic rings. The Labute approximate surface area is 121 Å². The highest BCUT2D eigenvalue weighted by atomic mass is 19.1. The number of hydrogen-bond donors (Lipinski definition) is 0. The summed E-state index contributed by atoms with van der Waals surface area (Å²) < 4.78 is 25.6. The van der Waals surface area contributed by atoms with Crippen LogP contribution in [0.3, 0.4) is 0 Å². The van der Waals surface area contributed by atoms with Gasteiger partial charge in [0.1, 0.15) is 17.3 Å². The van der Waals surface area contributed by atoms with Crippen molar-refractivity contribution < 1.29 is 13.9 Å². The molecule has 0 fully saturated rings. The number of rotatable bonds is 4. The third-order valence-corrected chi connectivity index (χ3v) is 2.91. The summed E-state index contributed by atoms with van der Waals surface area (Å²) in [7, 11) is 1.60. The minimum absolute atomic E-state index is 0.307. The van der Waals surface area contributed by atoms with E-state index in [2.05, 4.69) is 5.10 Å². The Morgan fingerprint density at radius 3 is 2.62 bits per heavy atom. The van der Waals surface area contributed by atoms with Gasteiger partial charge in [0.2, 0.25) is 0 Å². The van der Waals surface area contributed by atoms with Crippen molar-refractivity contribution in [3.05, 3.63) is 66.7 Å². The highest BCUT2D eigenvalue weighted by Crippen LogP contribution is 2.25. The van der Waals surface area contributed by atoms with Gasteiger partial charge in [-0.05, 0) is 30.3 Å². The topological polar surface area (TPSA) is 36.3 Å². The molecular weight excluding hydrogens is 271 g/mol. The maximum Gasteiger partial charge on any atom is 0.165 e. The van der Waals surface area contributed by atoms with Crippen molar-refractivity contribution in [2.45, 2.75) is 0 Å². The lowest BCUT2D eigenvalue weighted by molar-refractivity contribution is 0.409. The Morgan fingerprint density at radius 2 is 1.81 bits per heavy atom. The third kappa shape index (κ3) is 3.02. The summed E-state index contributed by atoms with van der Waals surface area (Å²) in [5, 5.41) is 4.16. The van der Waals surface area contributed by atoms with Crippen molar-refractivity contribution in [3.63, 3.8) is 0 Å². The molecule has 0 amide bonds. The molecule has 0 aliphatic rings. The molecule has 2 aromatic carbocycles. The summed E-state index contributed by atoms with van der Waals surface area (Å²) in [6.45, 7) is 0. The first-order valence-electron chi connectivity index (χ1n) is 6.37. The first-order chi connectivity index (χ1) is 10.2. The highest BCUT2D eigenvalue weighted by molar-refractivity contribution is 5.37. The van der Waals surface area contributed by atoms with Crippen molar-refractivity contribution in [2.24, 2.45) is 0 Å². The van der Waals surface area contributed by atoms with E-state index in [4.69, 9.17) is 9.47 Å². The van der Waals surface area contributed by atoms with Gasteiger partial charge in [-0.25, -0.2) is 9.07 Å². The zero-order chi connectivity index (χ0) is 14.7. The molecule has 0 bridgehead atoms. The molecule has 0 N–H and O–H groups in total. The molecule has 0 radical (unpaired) electrons. The van der Waals surface area contributed by atoms with Crippen molar-refractivity contribution in [1.82, 2.24) is 9.78 Å². The fraction of sp³-hybridized carbons (Fsp3) is 0.0625. The molecule has 0 unspecified atom stereocenters. The molecule has 21 heavy (non-hydrogen) atoms. The van der Waals surface area contributed by atoms with Gasteiger partial charge in [0, 0.05) is 6.07 Å². The van der Waals surface area contributed by atoms with Gasteiger partial charge in [0.05, 0.1) is 25.2 Å². The van der Waals surface area contributed by atoms with Gasteiger partial charge in [0.15, 0.2) is 5.75 Å². The number of benzene rings is 2. The van der Waals surface area contributed by atoms with Crippen LogP contribution >= 0.6 is 0 Å². The van der Waals surface area contributed by atoms with Crippen LogP contribution in [-0.4, -0.2) is 16.9 Å². The van der Waals surface area contributed by atoms with Crippen LogP contribution in [0, 0.1) is 5.82 Å². The number of hydrogen-bond acceptors (Lipinski definition) is 3. The lowest BCUT2D eigenvalue weighted by Crippen LogP contribution is -1.94. The van der Waals surface area contributed by atoms with E-state index in [1.54, 1.807) is 42.4 Å². The molecule has 0 spiro atoms. The molecule has 106 valence electrons. The van der Waals surface area contributed by atoms with Crippen LogP contribution in [-0.2, 0) is 0 Å². The average molecular weight is 284 g/mol. The molecule has 0 atom stereocenters. The van der Waals surface area contributed by atoms with E-state index < -0.39 is 0 Å². The Kier molecular flexibility index (Phi) is 3.55. The fourth-order valence-corrected chi connectivity index (χ4v) is 1.92. The number of halogens is 1. The molecule has 0 saturated carbocycles. The van der Waals surface area contributed by atoms with E-state index >= 15 is 0 Å². The van der Waals surface area contributed by atoms with E-state index in [0.29, 0.717) is 22.9 Å². The zero-order valence-corrected chi connectivity index (χ0v) is 11.4. The van der Waals surface area contributed by atoms with E-state index in [0.717, 1.165) is 0 Å². The summed E-state index contributed by atoms with van der Waals surface area (Å²) >= 11 is 0. The minimum Gasteiger partial charge on any atom is -0.497 e. The second-order valence-corrected chi connectivity index (χ2v) is 4.38. The monoisotopic (exact) mass is 284 g/mol. The van der Waals surface area contributed by atoms with Gasteiger partial charge in [-0.2, -0.15) is 5.10 Å². The van der Waals surface area contributed by atoms with Crippen molar-refractivity contribution in [2.75, 3.05) is 7.11 Å². The number of methoxy groups -OCH3 is 1. The smallest absolute Gasteiger partial charge is 0.165 e. The van der Waals surface area contributed by atoms with E-state index in [9.17, 15) is 4.39 Å². The Balaban J connectivity index is 1.81. The van der Waals surface area contributed by atoms with Crippen LogP contribution in [0.1, 0.15) is 0 Å². The number of aromatic nitrogens is 2. The quantitative estimate of drug-likeness (QED) is 0.731. The van der Waals surface area contributed by atoms with Crippen LogP contribution in [0.15, 0.2) is 60.9 Å². The van der Waals surface area contributed by atoms with E-state index in [-0.39, 0.29) is 5.82 Å². The van der Waals surface area contributed by atoms with Gasteiger partial charge in [0.25, 0.3) is 0 Å². The summed E-state index contributed by atoms with van der Waals surface area (Å²) in [4.78, 5) is 0. The van der Waals surface area contributed by atoms with Crippen molar-refractivity contribution >= 4 is 0 Å². The fourth-order valence-electron chi connectivity index (χ4n) is 1.92. The van der Waals surface area contributed by atoms with Crippen LogP contribution in [0.25, 0.3) is 5.69 Å². The molecule has 0 saturated heterocycles. The summed E-state index contributed by atoms with van der Waals surface area (Å²) in [5.74, 6) is 1.61. The summed E-state index contributed by atoms with van der Waals surface area (Å²) in [5.41, 5.74) is 0.635. The van der Waals surface area contributed by atoms with E-state index in [1.165, 1.54) is 12.1 Å². The number of ether oxygens (including phenoxy) is 2. The maximum atomic E-state index is 13.2. The molecule has 1 aromatic heterocycles. The Bertz CT molecular complexity index is 755. The first kappa shape index (κ1) is 13.2. The highest BCUT2D eigenvalue weighted by Gasteiger charge is 2.05. The number of nitrogens with zero attached hydrogens (tertiary/aromatic N) is 2. The predicted molar refractivity (Wildman–Crippen MR) is 76.6 cm³/mol. The van der Waals surface area contributed by atoms with Crippen LogP contribution < -0.4 is 9.47 Å². The van der Waals surface area contributed by atoms with Crippen LogP contribution in [0.4, 0.5) is 4.39 Å². The van der Waals surface area contributed by atoms with Gasteiger partial charge in [-0.15, -0.1) is 0 Å². The first-order valence-corrected chi connectivity index (χ1v) is 6.37. The molecule has 5 heteroatoms. The standard InChI is InChI=1S/C16H13FN2O2/c1-20-14-6-3-7-15(9-14)21-16-10-18-19(11-16)13-5-2-4-12(17)8-13/h2-11H,1H3. The second kappa shape index (κ2) is 5.66. The van der Waals surface area contributed by atoms with Gasteiger partial charge < -0.3 is 9.47 Å². The van der Waals surface area contributed by atoms with Gasteiger partial charge >= 0.3 is 0 Å². The molecule has 3 rings (SSSR count). The molecule has 4 nitrogen and oxygen atoms in total. The molecule has 1 heterocycles. The third-order valence-electron chi connectivity index (χ3n) is 2.91.